The van der Waals surface area contributed by atoms with Crippen molar-refractivity contribution in [1.29, 1.82) is 0 Å². The molecule has 5 heteroatoms. The molecule has 2 rings (SSSR count). The normalized spacial score (nSPS) is 10.3. The summed E-state index contributed by atoms with van der Waals surface area (Å²) in [6.07, 6.45) is 6.04. The second-order valence-corrected chi connectivity index (χ2v) is 4.10. The Balaban J connectivity index is 2.21. The molecule has 16 heavy (non-hydrogen) atoms. The first-order chi connectivity index (χ1) is 7.90. The summed E-state index contributed by atoms with van der Waals surface area (Å²) >= 11 is 1.47. The average Bonchev–Trinajstić information content (AvgIpc) is 2.33. The van der Waals surface area contributed by atoms with Gasteiger partial charge in [-0.25, -0.2) is 15.0 Å². The number of pyridine rings is 1. The van der Waals surface area contributed by atoms with Crippen molar-refractivity contribution in [3.8, 4) is 0 Å². The Labute approximate surface area is 98.3 Å². The van der Waals surface area contributed by atoms with Crippen molar-refractivity contribution in [2.45, 2.75) is 16.6 Å². The lowest BCUT2D eigenvalue weighted by Gasteiger charge is -2.05. The third-order valence-electron chi connectivity index (χ3n) is 1.99. The van der Waals surface area contributed by atoms with Crippen LogP contribution in [0.2, 0.25) is 0 Å². The highest BCUT2D eigenvalue weighted by atomic mass is 32.2. The van der Waals surface area contributed by atoms with Crippen LogP contribution in [-0.2, 0) is 6.42 Å². The van der Waals surface area contributed by atoms with E-state index in [0.717, 1.165) is 17.0 Å². The van der Waals surface area contributed by atoms with Gasteiger partial charge >= 0.3 is 0 Å². The monoisotopic (exact) mass is 232 g/mol. The van der Waals surface area contributed by atoms with Crippen molar-refractivity contribution in [3.63, 3.8) is 0 Å². The second kappa shape index (κ2) is 5.58. The summed E-state index contributed by atoms with van der Waals surface area (Å²) in [4.78, 5) is 12.6. The zero-order valence-corrected chi connectivity index (χ0v) is 9.52. The van der Waals surface area contributed by atoms with Crippen LogP contribution in [0.25, 0.3) is 0 Å². The van der Waals surface area contributed by atoms with Crippen LogP contribution in [0, 0.1) is 0 Å². The summed E-state index contributed by atoms with van der Waals surface area (Å²) in [6.45, 7) is 0.620. The Bertz CT molecular complexity index is 447. The number of nitrogens with two attached hydrogens (primary N) is 1. The fraction of sp³-hybridized carbons (Fsp3) is 0.182. The molecule has 0 saturated carbocycles. The van der Waals surface area contributed by atoms with E-state index in [0.29, 0.717) is 11.7 Å². The zero-order chi connectivity index (χ0) is 11.2. The van der Waals surface area contributed by atoms with E-state index in [9.17, 15) is 0 Å². The molecule has 0 aliphatic carbocycles. The highest BCUT2D eigenvalue weighted by Crippen LogP contribution is 2.25. The van der Waals surface area contributed by atoms with Gasteiger partial charge in [0.1, 0.15) is 5.03 Å². The molecular formula is C11H12N4S. The van der Waals surface area contributed by atoms with E-state index in [1.54, 1.807) is 24.7 Å². The van der Waals surface area contributed by atoms with Crippen molar-refractivity contribution in [2.24, 2.45) is 5.73 Å². The molecule has 0 saturated heterocycles. The lowest BCUT2D eigenvalue weighted by atomic mass is 10.2. The first kappa shape index (κ1) is 11.0. The molecular weight excluding hydrogens is 220 g/mol. The van der Waals surface area contributed by atoms with Crippen LogP contribution in [-0.4, -0.2) is 21.5 Å². The van der Waals surface area contributed by atoms with E-state index in [4.69, 9.17) is 5.73 Å². The van der Waals surface area contributed by atoms with Crippen LogP contribution in [0.15, 0.2) is 47.0 Å². The Morgan fingerprint density at radius 1 is 1.06 bits per heavy atom. The van der Waals surface area contributed by atoms with Crippen LogP contribution in [0.1, 0.15) is 5.56 Å². The van der Waals surface area contributed by atoms with Crippen molar-refractivity contribution < 1.29 is 0 Å². The van der Waals surface area contributed by atoms with Gasteiger partial charge in [0.25, 0.3) is 0 Å². The predicted octanol–water partition coefficient (Wildman–Crippen LogP) is 1.52. The third-order valence-corrected chi connectivity index (χ3v) is 2.95. The maximum atomic E-state index is 5.55. The Kier molecular flexibility index (Phi) is 3.85. The fourth-order valence-corrected chi connectivity index (χ4v) is 2.10. The van der Waals surface area contributed by atoms with Crippen molar-refractivity contribution in [2.75, 3.05) is 6.54 Å². The van der Waals surface area contributed by atoms with E-state index in [1.807, 2.05) is 12.1 Å². The quantitative estimate of drug-likeness (QED) is 0.810. The summed E-state index contributed by atoms with van der Waals surface area (Å²) in [5.41, 5.74) is 6.70. The first-order valence-corrected chi connectivity index (χ1v) is 5.80. The number of aromatic nitrogens is 3. The molecule has 2 N–H and O–H groups in total. The van der Waals surface area contributed by atoms with Gasteiger partial charge in [-0.3, -0.25) is 0 Å². The molecule has 0 fully saturated rings. The highest BCUT2D eigenvalue weighted by Gasteiger charge is 2.06. The number of hydrogen-bond donors (Lipinski definition) is 1. The van der Waals surface area contributed by atoms with E-state index >= 15 is 0 Å². The van der Waals surface area contributed by atoms with E-state index in [1.165, 1.54) is 11.8 Å². The number of nitrogens with zero attached hydrogens (tertiary/aromatic N) is 3. The lowest BCUT2D eigenvalue weighted by molar-refractivity contribution is 0.902. The van der Waals surface area contributed by atoms with Gasteiger partial charge in [0.05, 0.1) is 0 Å². The van der Waals surface area contributed by atoms with Crippen molar-refractivity contribution >= 4 is 11.8 Å². The second-order valence-electron chi connectivity index (χ2n) is 3.14. The van der Waals surface area contributed by atoms with Gasteiger partial charge in [0.15, 0.2) is 5.16 Å². The van der Waals surface area contributed by atoms with Crippen molar-refractivity contribution in [1.82, 2.24) is 15.0 Å². The first-order valence-electron chi connectivity index (χ1n) is 4.99. The van der Waals surface area contributed by atoms with Crippen LogP contribution in [0.3, 0.4) is 0 Å². The highest BCUT2D eigenvalue weighted by molar-refractivity contribution is 7.99. The average molecular weight is 232 g/mol. The maximum absolute atomic E-state index is 5.55. The van der Waals surface area contributed by atoms with E-state index in [2.05, 4.69) is 15.0 Å². The Hall–Kier alpha value is -1.46. The van der Waals surface area contributed by atoms with Gasteiger partial charge in [-0.15, -0.1) is 0 Å². The summed E-state index contributed by atoms with van der Waals surface area (Å²) in [7, 11) is 0. The van der Waals surface area contributed by atoms with Gasteiger partial charge in [0, 0.05) is 18.6 Å². The van der Waals surface area contributed by atoms with Gasteiger partial charge < -0.3 is 5.73 Å². The molecule has 2 aromatic heterocycles. The molecule has 0 aliphatic rings. The maximum Gasteiger partial charge on any atom is 0.193 e. The zero-order valence-electron chi connectivity index (χ0n) is 8.71. The lowest BCUT2D eigenvalue weighted by Crippen LogP contribution is -2.04. The number of rotatable bonds is 4. The van der Waals surface area contributed by atoms with Crippen LogP contribution in [0.4, 0.5) is 0 Å². The Morgan fingerprint density at radius 2 is 1.81 bits per heavy atom. The summed E-state index contributed by atoms with van der Waals surface area (Å²) in [5.74, 6) is 0. The molecule has 0 unspecified atom stereocenters. The van der Waals surface area contributed by atoms with Crippen LogP contribution >= 0.6 is 11.8 Å². The van der Waals surface area contributed by atoms with E-state index < -0.39 is 0 Å². The van der Waals surface area contributed by atoms with Gasteiger partial charge in [-0.2, -0.15) is 0 Å². The van der Waals surface area contributed by atoms with Gasteiger partial charge in [-0.1, -0.05) is 6.07 Å². The minimum absolute atomic E-state index is 0.620. The Morgan fingerprint density at radius 3 is 2.56 bits per heavy atom. The largest absolute Gasteiger partial charge is 0.330 e. The number of hydrogen-bond acceptors (Lipinski definition) is 5. The topological polar surface area (TPSA) is 64.7 Å². The standard InChI is InChI=1S/C11H12N4S/c12-5-4-9-3-1-6-13-10(9)16-11-14-7-2-8-15-11/h1-3,6-8H,4-5,12H2. The molecule has 0 aliphatic heterocycles. The summed E-state index contributed by atoms with van der Waals surface area (Å²) < 4.78 is 0. The predicted molar refractivity (Wildman–Crippen MR) is 63.2 cm³/mol. The molecule has 4 nitrogen and oxygen atoms in total. The smallest absolute Gasteiger partial charge is 0.193 e. The molecule has 0 radical (unpaired) electrons. The molecule has 2 aromatic rings. The summed E-state index contributed by atoms with van der Waals surface area (Å²) in [5, 5.41) is 1.64. The molecule has 0 amide bonds. The van der Waals surface area contributed by atoms with E-state index in [-0.39, 0.29) is 0 Å². The minimum Gasteiger partial charge on any atom is -0.330 e. The SMILES string of the molecule is NCCc1cccnc1Sc1ncccn1. The molecule has 0 spiro atoms. The molecule has 2 heterocycles. The molecule has 0 atom stereocenters. The van der Waals surface area contributed by atoms with Crippen LogP contribution in [0.5, 0.6) is 0 Å². The summed E-state index contributed by atoms with van der Waals surface area (Å²) in [6, 6.07) is 5.75. The third kappa shape index (κ3) is 2.77. The van der Waals surface area contributed by atoms with Gasteiger partial charge in [0.2, 0.25) is 0 Å². The fourth-order valence-electron chi connectivity index (χ4n) is 1.29. The van der Waals surface area contributed by atoms with Crippen LogP contribution < -0.4 is 5.73 Å². The van der Waals surface area contributed by atoms with Crippen molar-refractivity contribution in [3.05, 3.63) is 42.4 Å². The molecule has 0 bridgehead atoms. The van der Waals surface area contributed by atoms with Gasteiger partial charge in [-0.05, 0) is 42.4 Å². The molecule has 0 aromatic carbocycles. The minimum atomic E-state index is 0.620. The molecule has 82 valence electrons.